The highest BCUT2D eigenvalue weighted by molar-refractivity contribution is 5.76. The Morgan fingerprint density at radius 3 is 2.33 bits per heavy atom. The maximum absolute atomic E-state index is 15.2. The molecule has 0 amide bonds. The summed E-state index contributed by atoms with van der Waals surface area (Å²) < 4.78 is 50.3. The van der Waals surface area contributed by atoms with Gasteiger partial charge < -0.3 is 10.5 Å². The Kier molecular flexibility index (Phi) is 6.56. The van der Waals surface area contributed by atoms with E-state index in [1.54, 1.807) is 32.9 Å². The van der Waals surface area contributed by atoms with Gasteiger partial charge in [-0.05, 0) is 68.2 Å². The van der Waals surface area contributed by atoms with Gasteiger partial charge in [0.05, 0.1) is 12.5 Å². The lowest BCUT2D eigenvalue weighted by Crippen LogP contribution is -2.31. The average molecular weight is 419 g/mol. The zero-order chi connectivity index (χ0) is 22.2. The van der Waals surface area contributed by atoms with E-state index in [1.807, 2.05) is 0 Å². The van der Waals surface area contributed by atoms with Gasteiger partial charge in [0.1, 0.15) is 5.82 Å². The van der Waals surface area contributed by atoms with Gasteiger partial charge >= 0.3 is 5.97 Å². The fourth-order valence-corrected chi connectivity index (χ4v) is 4.26. The number of hydrogen-bond donors (Lipinski definition) is 1. The molecule has 0 heterocycles. The Morgan fingerprint density at radius 2 is 1.77 bits per heavy atom. The molecule has 0 saturated heterocycles. The van der Waals surface area contributed by atoms with Crippen LogP contribution in [0.4, 0.5) is 13.2 Å². The van der Waals surface area contributed by atoms with E-state index in [0.29, 0.717) is 23.1 Å². The maximum atomic E-state index is 15.2. The second-order valence-electron chi connectivity index (χ2n) is 7.94. The predicted octanol–water partition coefficient (Wildman–Crippen LogP) is 5.85. The lowest BCUT2D eigenvalue weighted by molar-refractivity contribution is -0.149. The van der Waals surface area contributed by atoms with Crippen LogP contribution in [0.25, 0.3) is 11.1 Å². The number of carbonyl (C=O) groups excluding carboxylic acids is 1. The first kappa shape index (κ1) is 22.3. The molecule has 0 aromatic heterocycles. The molecule has 1 fully saturated rings. The Balaban J connectivity index is 2.19. The molecule has 0 bridgehead atoms. The number of benzene rings is 2. The summed E-state index contributed by atoms with van der Waals surface area (Å²) in [6, 6.07) is 3.90. The third-order valence-corrected chi connectivity index (χ3v) is 6.04. The molecule has 1 aliphatic rings. The molecule has 1 aliphatic carbocycles. The largest absolute Gasteiger partial charge is 0.466 e. The van der Waals surface area contributed by atoms with E-state index >= 15 is 8.78 Å². The Labute approximate surface area is 175 Å². The normalized spacial score (nSPS) is 15.7. The molecule has 162 valence electrons. The van der Waals surface area contributed by atoms with Gasteiger partial charge in [-0.15, -0.1) is 0 Å². The van der Waals surface area contributed by atoms with Crippen LogP contribution in [0.2, 0.25) is 0 Å². The third-order valence-electron chi connectivity index (χ3n) is 6.04. The van der Waals surface area contributed by atoms with Crippen molar-refractivity contribution in [3.8, 4) is 11.1 Å². The zero-order valence-corrected chi connectivity index (χ0v) is 17.8. The highest BCUT2D eigenvalue weighted by atomic mass is 19.2. The third kappa shape index (κ3) is 3.85. The SMILES string of the molecule is CCOC(=O)[C@@H](CC)[C@H](N)c1c(C)c(F)c(F)c(-c2cccc(C3CC3)c2F)c1C. The summed E-state index contributed by atoms with van der Waals surface area (Å²) >= 11 is 0. The molecule has 3 rings (SSSR count). The van der Waals surface area contributed by atoms with Gasteiger partial charge in [0.2, 0.25) is 0 Å². The van der Waals surface area contributed by atoms with Crippen molar-refractivity contribution in [1.82, 2.24) is 0 Å². The summed E-state index contributed by atoms with van der Waals surface area (Å²) in [5, 5.41) is 0. The number of halogens is 3. The first-order valence-corrected chi connectivity index (χ1v) is 10.4. The van der Waals surface area contributed by atoms with E-state index in [2.05, 4.69) is 0 Å². The van der Waals surface area contributed by atoms with Gasteiger partial charge in [-0.2, -0.15) is 0 Å². The molecule has 30 heavy (non-hydrogen) atoms. The topological polar surface area (TPSA) is 52.3 Å². The standard InChI is InChI=1S/C24H28F3NO2/c1-5-15(24(29)30-6-2)23(28)18-12(3)19(22(27)20(25)13(18)4)17-9-7-8-16(21(17)26)14-10-11-14/h7-9,14-15,23H,5-6,10-11,28H2,1-4H3/t15-,23-/m0/s1. The highest BCUT2D eigenvalue weighted by Gasteiger charge is 2.33. The monoisotopic (exact) mass is 419 g/mol. The maximum Gasteiger partial charge on any atom is 0.310 e. The molecule has 1 saturated carbocycles. The van der Waals surface area contributed by atoms with Crippen molar-refractivity contribution in [2.45, 2.75) is 58.9 Å². The van der Waals surface area contributed by atoms with Crippen LogP contribution >= 0.6 is 0 Å². The average Bonchev–Trinajstić information content (AvgIpc) is 3.54. The van der Waals surface area contributed by atoms with Gasteiger partial charge in [-0.3, -0.25) is 4.79 Å². The molecule has 0 aliphatic heterocycles. The van der Waals surface area contributed by atoms with E-state index in [-0.39, 0.29) is 29.2 Å². The van der Waals surface area contributed by atoms with Crippen LogP contribution in [0.15, 0.2) is 18.2 Å². The lowest BCUT2D eigenvalue weighted by atomic mass is 9.82. The Morgan fingerprint density at radius 1 is 1.10 bits per heavy atom. The molecular formula is C24H28F3NO2. The van der Waals surface area contributed by atoms with E-state index in [4.69, 9.17) is 10.5 Å². The van der Waals surface area contributed by atoms with E-state index < -0.39 is 35.4 Å². The van der Waals surface area contributed by atoms with Crippen molar-refractivity contribution in [3.05, 3.63) is 57.9 Å². The minimum absolute atomic E-state index is 0.0194. The van der Waals surface area contributed by atoms with Crippen LogP contribution in [-0.2, 0) is 9.53 Å². The number of ether oxygens (including phenoxy) is 1. The molecule has 3 nitrogen and oxygen atoms in total. The van der Waals surface area contributed by atoms with E-state index in [9.17, 15) is 9.18 Å². The first-order chi connectivity index (χ1) is 14.2. The fraction of sp³-hybridized carbons (Fsp3) is 0.458. The molecular weight excluding hydrogens is 391 g/mol. The summed E-state index contributed by atoms with van der Waals surface area (Å²) in [7, 11) is 0. The Hall–Kier alpha value is -2.34. The van der Waals surface area contributed by atoms with Crippen LogP contribution in [-0.4, -0.2) is 12.6 Å². The lowest BCUT2D eigenvalue weighted by Gasteiger charge is -2.26. The van der Waals surface area contributed by atoms with E-state index in [0.717, 1.165) is 12.8 Å². The van der Waals surface area contributed by atoms with Crippen molar-refractivity contribution >= 4 is 5.97 Å². The van der Waals surface area contributed by atoms with Crippen LogP contribution in [0.3, 0.4) is 0 Å². The molecule has 0 spiro atoms. The quantitative estimate of drug-likeness (QED) is 0.573. The number of rotatable bonds is 7. The summed E-state index contributed by atoms with van der Waals surface area (Å²) in [6.45, 7) is 6.70. The number of nitrogens with two attached hydrogens (primary N) is 1. The van der Waals surface area contributed by atoms with Crippen LogP contribution in [0.1, 0.15) is 67.3 Å². The molecule has 6 heteroatoms. The molecule has 2 aromatic rings. The minimum Gasteiger partial charge on any atom is -0.466 e. The summed E-state index contributed by atoms with van der Waals surface area (Å²) in [5.74, 6) is -3.78. The second-order valence-corrected chi connectivity index (χ2v) is 7.94. The van der Waals surface area contributed by atoms with Gasteiger partial charge in [0.25, 0.3) is 0 Å². The van der Waals surface area contributed by atoms with E-state index in [1.165, 1.54) is 13.0 Å². The van der Waals surface area contributed by atoms with Gasteiger partial charge in [0, 0.05) is 17.2 Å². The van der Waals surface area contributed by atoms with Gasteiger partial charge in [-0.25, -0.2) is 13.2 Å². The smallest absolute Gasteiger partial charge is 0.310 e. The second kappa shape index (κ2) is 8.80. The summed E-state index contributed by atoms with van der Waals surface area (Å²) in [6.07, 6.45) is 2.15. The van der Waals surface area contributed by atoms with Crippen molar-refractivity contribution < 1.29 is 22.7 Å². The van der Waals surface area contributed by atoms with Gasteiger partial charge in [-0.1, -0.05) is 25.1 Å². The molecule has 0 radical (unpaired) electrons. The minimum atomic E-state index is -1.10. The van der Waals surface area contributed by atoms with Gasteiger partial charge in [0.15, 0.2) is 11.6 Å². The summed E-state index contributed by atoms with van der Waals surface area (Å²) in [5.41, 5.74) is 7.49. The molecule has 2 N–H and O–H groups in total. The van der Waals surface area contributed by atoms with Crippen molar-refractivity contribution in [2.75, 3.05) is 6.61 Å². The van der Waals surface area contributed by atoms with Crippen molar-refractivity contribution in [2.24, 2.45) is 11.7 Å². The molecule has 0 unspecified atom stereocenters. The fourth-order valence-electron chi connectivity index (χ4n) is 4.26. The first-order valence-electron chi connectivity index (χ1n) is 10.4. The van der Waals surface area contributed by atoms with Crippen LogP contribution in [0.5, 0.6) is 0 Å². The zero-order valence-electron chi connectivity index (χ0n) is 17.8. The summed E-state index contributed by atoms with van der Waals surface area (Å²) in [4.78, 5) is 12.4. The highest BCUT2D eigenvalue weighted by Crippen LogP contribution is 2.45. The predicted molar refractivity (Wildman–Crippen MR) is 111 cm³/mol. The molecule has 2 atom stereocenters. The van der Waals surface area contributed by atoms with Crippen molar-refractivity contribution in [1.29, 1.82) is 0 Å². The number of esters is 1. The van der Waals surface area contributed by atoms with Crippen molar-refractivity contribution in [3.63, 3.8) is 0 Å². The van der Waals surface area contributed by atoms with Crippen LogP contribution in [0, 0.1) is 37.2 Å². The number of hydrogen-bond acceptors (Lipinski definition) is 3. The van der Waals surface area contributed by atoms with Crippen LogP contribution < -0.4 is 5.73 Å². The Bertz CT molecular complexity index is 970. The number of carbonyl (C=O) groups is 1. The molecule has 2 aromatic carbocycles.